The molecule has 2 aromatic carbocycles. The van der Waals surface area contributed by atoms with Crippen molar-refractivity contribution < 1.29 is 13.0 Å². The molecule has 6 heteroatoms. The molecule has 30 heavy (non-hydrogen) atoms. The van der Waals surface area contributed by atoms with Crippen LogP contribution in [0.25, 0.3) is 0 Å². The fourth-order valence-electron chi connectivity index (χ4n) is 4.37. The molecule has 4 nitrogen and oxygen atoms in total. The number of hydrogen-bond donors (Lipinski definition) is 1. The van der Waals surface area contributed by atoms with Gasteiger partial charge in [-0.3, -0.25) is 4.55 Å². The Hall–Kier alpha value is -1.50. The highest BCUT2D eigenvalue weighted by molar-refractivity contribution is 7.99. The first-order chi connectivity index (χ1) is 14.3. The van der Waals surface area contributed by atoms with Crippen LogP contribution in [-0.4, -0.2) is 18.3 Å². The standard InChI is InChI=1S/C24H33NO3S2/c1-5-10-17-15-19(12-7-3)24-20(16-17)25(22(8-4)30(26,27)28)23-18(11-6-2)13-9-14-21(23)29-24/h9,13-16,22H,5-8,10-12H2,1-4H3,(H,26,27,28). The summed E-state index contributed by atoms with van der Waals surface area (Å²) in [4.78, 5) is 4.11. The van der Waals surface area contributed by atoms with Gasteiger partial charge in [0.25, 0.3) is 10.1 Å². The van der Waals surface area contributed by atoms with E-state index in [1.807, 2.05) is 11.8 Å². The third-order valence-electron chi connectivity index (χ3n) is 5.56. The van der Waals surface area contributed by atoms with Gasteiger partial charge >= 0.3 is 0 Å². The van der Waals surface area contributed by atoms with Crippen molar-refractivity contribution in [2.24, 2.45) is 0 Å². The molecule has 0 aliphatic carbocycles. The van der Waals surface area contributed by atoms with Crippen LogP contribution < -0.4 is 4.90 Å². The summed E-state index contributed by atoms with van der Waals surface area (Å²) in [6, 6.07) is 10.6. The van der Waals surface area contributed by atoms with Gasteiger partial charge in [-0.1, -0.05) is 76.9 Å². The van der Waals surface area contributed by atoms with E-state index in [0.29, 0.717) is 6.42 Å². The van der Waals surface area contributed by atoms with Crippen LogP contribution in [0.2, 0.25) is 0 Å². The summed E-state index contributed by atoms with van der Waals surface area (Å²) < 4.78 is 35.1. The predicted molar refractivity (Wildman–Crippen MR) is 127 cm³/mol. The van der Waals surface area contributed by atoms with E-state index >= 15 is 0 Å². The summed E-state index contributed by atoms with van der Waals surface area (Å²) in [6.45, 7) is 8.29. The van der Waals surface area contributed by atoms with Gasteiger partial charge in [0, 0.05) is 9.79 Å². The molecular weight excluding hydrogens is 414 g/mol. The molecule has 0 bridgehead atoms. The molecule has 0 amide bonds. The third-order valence-corrected chi connectivity index (χ3v) is 8.02. The van der Waals surface area contributed by atoms with Crippen LogP contribution >= 0.6 is 11.8 Å². The molecule has 0 saturated carbocycles. The maximum atomic E-state index is 12.5. The van der Waals surface area contributed by atoms with Gasteiger partial charge in [-0.2, -0.15) is 8.42 Å². The monoisotopic (exact) mass is 447 g/mol. The molecule has 1 unspecified atom stereocenters. The van der Waals surface area contributed by atoms with Crippen LogP contribution in [0, 0.1) is 0 Å². The fourth-order valence-corrected chi connectivity index (χ4v) is 6.53. The van der Waals surface area contributed by atoms with E-state index in [-0.39, 0.29) is 0 Å². The Kier molecular flexibility index (Phi) is 7.53. The lowest BCUT2D eigenvalue weighted by Crippen LogP contribution is -2.39. The van der Waals surface area contributed by atoms with E-state index in [2.05, 4.69) is 51.1 Å². The van der Waals surface area contributed by atoms with E-state index in [0.717, 1.165) is 65.3 Å². The van der Waals surface area contributed by atoms with Gasteiger partial charge in [0.05, 0.1) is 11.4 Å². The number of benzene rings is 2. The molecule has 1 atom stereocenters. The molecule has 0 aromatic heterocycles. The molecular formula is C24H33NO3S2. The van der Waals surface area contributed by atoms with Crippen molar-refractivity contribution in [2.75, 3.05) is 4.90 Å². The van der Waals surface area contributed by atoms with Crippen LogP contribution in [0.4, 0.5) is 11.4 Å². The Bertz CT molecular complexity index is 1000. The smallest absolute Gasteiger partial charge is 0.286 e. The molecule has 1 N–H and O–H groups in total. The molecule has 1 heterocycles. The lowest BCUT2D eigenvalue weighted by Gasteiger charge is -2.39. The van der Waals surface area contributed by atoms with Crippen molar-refractivity contribution in [1.82, 2.24) is 0 Å². The van der Waals surface area contributed by atoms with Gasteiger partial charge in [0.2, 0.25) is 0 Å². The number of nitrogens with zero attached hydrogens (tertiary/aromatic N) is 1. The van der Waals surface area contributed by atoms with E-state index in [1.165, 1.54) is 11.1 Å². The van der Waals surface area contributed by atoms with Crippen molar-refractivity contribution in [3.05, 3.63) is 47.0 Å². The second-order valence-corrected chi connectivity index (χ2v) is 10.6. The summed E-state index contributed by atoms with van der Waals surface area (Å²) >= 11 is 1.74. The van der Waals surface area contributed by atoms with Crippen LogP contribution in [-0.2, 0) is 29.4 Å². The first kappa shape index (κ1) is 23.2. The lowest BCUT2D eigenvalue weighted by atomic mass is 10.00. The Labute approximate surface area is 185 Å². The van der Waals surface area contributed by atoms with Crippen molar-refractivity contribution >= 4 is 33.3 Å². The topological polar surface area (TPSA) is 57.6 Å². The van der Waals surface area contributed by atoms with Gasteiger partial charge in [-0.05, 0) is 54.5 Å². The van der Waals surface area contributed by atoms with Crippen molar-refractivity contribution in [2.45, 2.75) is 87.8 Å². The van der Waals surface area contributed by atoms with E-state index in [1.54, 1.807) is 11.8 Å². The Morgan fingerprint density at radius 1 is 0.967 bits per heavy atom. The van der Waals surface area contributed by atoms with Gasteiger partial charge in [0.15, 0.2) is 5.37 Å². The summed E-state index contributed by atoms with van der Waals surface area (Å²) in [5.41, 5.74) is 5.50. The number of aryl methyl sites for hydroxylation is 3. The Morgan fingerprint density at radius 3 is 2.23 bits per heavy atom. The minimum atomic E-state index is -4.27. The molecule has 2 aromatic rings. The number of anilines is 2. The van der Waals surface area contributed by atoms with Crippen molar-refractivity contribution in [1.29, 1.82) is 0 Å². The minimum Gasteiger partial charge on any atom is -0.319 e. The lowest BCUT2D eigenvalue weighted by molar-refractivity contribution is 0.464. The fraction of sp³-hybridized carbons (Fsp3) is 0.500. The van der Waals surface area contributed by atoms with E-state index in [4.69, 9.17) is 0 Å². The second-order valence-electron chi connectivity index (χ2n) is 7.97. The highest BCUT2D eigenvalue weighted by atomic mass is 32.2. The van der Waals surface area contributed by atoms with Crippen LogP contribution in [0.15, 0.2) is 40.1 Å². The average molecular weight is 448 g/mol. The second kappa shape index (κ2) is 9.75. The average Bonchev–Trinajstić information content (AvgIpc) is 2.68. The maximum absolute atomic E-state index is 12.5. The highest BCUT2D eigenvalue weighted by Crippen LogP contribution is 2.53. The third kappa shape index (κ3) is 4.56. The molecule has 3 rings (SSSR count). The molecule has 0 fully saturated rings. The largest absolute Gasteiger partial charge is 0.319 e. The van der Waals surface area contributed by atoms with Crippen LogP contribution in [0.5, 0.6) is 0 Å². The zero-order valence-corrected chi connectivity index (χ0v) is 20.1. The molecule has 1 aliphatic heterocycles. The summed E-state index contributed by atoms with van der Waals surface area (Å²) in [5, 5.41) is -1.000. The Morgan fingerprint density at radius 2 is 1.63 bits per heavy atom. The van der Waals surface area contributed by atoms with Crippen LogP contribution in [0.3, 0.4) is 0 Å². The summed E-state index contributed by atoms with van der Waals surface area (Å²) in [5.74, 6) is 0. The van der Waals surface area contributed by atoms with E-state index < -0.39 is 15.5 Å². The SMILES string of the molecule is CCCc1cc(CCC)c2c(c1)N(C(CC)S(=O)(=O)O)c1c(CCC)cccc1S2. The van der Waals surface area contributed by atoms with Gasteiger partial charge in [-0.15, -0.1) is 0 Å². The Balaban J connectivity index is 2.33. The van der Waals surface area contributed by atoms with Crippen LogP contribution in [0.1, 0.15) is 70.1 Å². The maximum Gasteiger partial charge on any atom is 0.286 e. The molecule has 0 spiro atoms. The summed E-state index contributed by atoms with van der Waals surface area (Å²) in [7, 11) is -4.27. The van der Waals surface area contributed by atoms with Crippen molar-refractivity contribution in [3.8, 4) is 0 Å². The highest BCUT2D eigenvalue weighted by Gasteiger charge is 2.37. The van der Waals surface area contributed by atoms with E-state index in [9.17, 15) is 13.0 Å². The first-order valence-corrected chi connectivity index (χ1v) is 13.4. The molecule has 164 valence electrons. The van der Waals surface area contributed by atoms with Crippen molar-refractivity contribution in [3.63, 3.8) is 0 Å². The number of para-hydroxylation sites is 1. The van der Waals surface area contributed by atoms with Gasteiger partial charge < -0.3 is 4.90 Å². The zero-order chi connectivity index (χ0) is 21.9. The molecule has 1 aliphatic rings. The number of fused-ring (bicyclic) bond motifs is 2. The predicted octanol–water partition coefficient (Wildman–Crippen LogP) is 6.77. The first-order valence-electron chi connectivity index (χ1n) is 11.1. The normalized spacial score (nSPS) is 14.4. The number of hydrogen-bond acceptors (Lipinski definition) is 4. The zero-order valence-electron chi connectivity index (χ0n) is 18.4. The molecule has 0 radical (unpaired) electrons. The minimum absolute atomic E-state index is 0.309. The summed E-state index contributed by atoms with van der Waals surface area (Å²) in [6.07, 6.45) is 6.12. The molecule has 0 saturated heterocycles. The van der Waals surface area contributed by atoms with Gasteiger partial charge in [0.1, 0.15) is 0 Å². The number of rotatable bonds is 9. The van der Waals surface area contributed by atoms with Gasteiger partial charge in [-0.25, -0.2) is 0 Å². The quantitative estimate of drug-likeness (QED) is 0.430.